The standard InChI is InChI=1S/C16H22Cl2N2O/c1-2-3-12(19)9-16(21)20(13-5-6-13)10-11-4-7-14(17)15(18)8-11/h4,7-8,12-13H,2-3,5-6,9-10,19H2,1H3. The van der Waals surface area contributed by atoms with Crippen LogP contribution < -0.4 is 5.73 Å². The molecule has 3 nitrogen and oxygen atoms in total. The van der Waals surface area contributed by atoms with E-state index in [2.05, 4.69) is 6.92 Å². The van der Waals surface area contributed by atoms with Crippen molar-refractivity contribution in [3.63, 3.8) is 0 Å². The van der Waals surface area contributed by atoms with E-state index in [0.717, 1.165) is 31.2 Å². The maximum atomic E-state index is 12.5. The highest BCUT2D eigenvalue weighted by atomic mass is 35.5. The zero-order chi connectivity index (χ0) is 15.4. The Labute approximate surface area is 136 Å². The van der Waals surface area contributed by atoms with Crippen LogP contribution in [0.4, 0.5) is 0 Å². The average Bonchev–Trinajstić information content (AvgIpc) is 3.24. The van der Waals surface area contributed by atoms with Crippen LogP contribution in [-0.4, -0.2) is 22.9 Å². The molecule has 1 unspecified atom stereocenters. The lowest BCUT2D eigenvalue weighted by Gasteiger charge is -2.24. The first kappa shape index (κ1) is 16.6. The van der Waals surface area contributed by atoms with Gasteiger partial charge in [-0.3, -0.25) is 4.79 Å². The number of amides is 1. The van der Waals surface area contributed by atoms with Gasteiger partial charge in [-0.15, -0.1) is 0 Å². The molecule has 0 radical (unpaired) electrons. The molecule has 0 heterocycles. The minimum atomic E-state index is -0.0439. The van der Waals surface area contributed by atoms with Gasteiger partial charge >= 0.3 is 0 Å². The zero-order valence-corrected chi connectivity index (χ0v) is 13.8. The summed E-state index contributed by atoms with van der Waals surface area (Å²) in [4.78, 5) is 14.4. The summed E-state index contributed by atoms with van der Waals surface area (Å²) in [6, 6.07) is 5.84. The van der Waals surface area contributed by atoms with Crippen molar-refractivity contribution in [3.8, 4) is 0 Å². The van der Waals surface area contributed by atoms with Crippen molar-refractivity contribution in [2.75, 3.05) is 0 Å². The first-order valence-corrected chi connectivity index (χ1v) is 8.25. The van der Waals surface area contributed by atoms with Gasteiger partial charge in [0.05, 0.1) is 10.0 Å². The molecule has 1 fully saturated rings. The molecular formula is C16H22Cl2N2O. The lowest BCUT2D eigenvalue weighted by molar-refractivity contribution is -0.132. The number of rotatable bonds is 7. The minimum Gasteiger partial charge on any atom is -0.335 e. The Kier molecular flexibility index (Phi) is 5.91. The van der Waals surface area contributed by atoms with Gasteiger partial charge in [-0.2, -0.15) is 0 Å². The van der Waals surface area contributed by atoms with Gasteiger partial charge in [0.25, 0.3) is 0 Å². The van der Waals surface area contributed by atoms with Crippen LogP contribution >= 0.6 is 23.2 Å². The van der Waals surface area contributed by atoms with Gasteiger partial charge in [-0.25, -0.2) is 0 Å². The van der Waals surface area contributed by atoms with Crippen molar-refractivity contribution in [3.05, 3.63) is 33.8 Å². The van der Waals surface area contributed by atoms with Crippen molar-refractivity contribution < 1.29 is 4.79 Å². The Bertz CT molecular complexity index is 503. The summed E-state index contributed by atoms with van der Waals surface area (Å²) in [7, 11) is 0. The number of halogens is 2. The highest BCUT2D eigenvalue weighted by molar-refractivity contribution is 6.42. The third kappa shape index (κ3) is 4.87. The van der Waals surface area contributed by atoms with E-state index in [4.69, 9.17) is 28.9 Å². The van der Waals surface area contributed by atoms with Crippen LogP contribution in [0.5, 0.6) is 0 Å². The number of nitrogens with zero attached hydrogens (tertiary/aromatic N) is 1. The van der Waals surface area contributed by atoms with E-state index >= 15 is 0 Å². The smallest absolute Gasteiger partial charge is 0.224 e. The molecule has 0 saturated heterocycles. The molecular weight excluding hydrogens is 307 g/mol. The first-order valence-electron chi connectivity index (χ1n) is 7.50. The van der Waals surface area contributed by atoms with Crippen molar-refractivity contribution in [1.29, 1.82) is 0 Å². The van der Waals surface area contributed by atoms with Crippen LogP contribution in [0.2, 0.25) is 10.0 Å². The fourth-order valence-electron chi connectivity index (χ4n) is 2.46. The van der Waals surface area contributed by atoms with Gasteiger partial charge in [-0.05, 0) is 37.0 Å². The summed E-state index contributed by atoms with van der Waals surface area (Å²) in [6.45, 7) is 2.66. The van der Waals surface area contributed by atoms with Crippen molar-refractivity contribution in [1.82, 2.24) is 4.90 Å². The van der Waals surface area contributed by atoms with Gasteiger partial charge in [0.2, 0.25) is 5.91 Å². The molecule has 0 aromatic heterocycles. The Morgan fingerprint density at radius 2 is 2.10 bits per heavy atom. The van der Waals surface area contributed by atoms with E-state index in [1.165, 1.54) is 0 Å². The van der Waals surface area contributed by atoms with Gasteiger partial charge in [-0.1, -0.05) is 42.6 Å². The first-order chi connectivity index (χ1) is 10.0. The second-order valence-corrected chi connectivity index (χ2v) is 6.57. The molecule has 116 valence electrons. The molecule has 1 aliphatic carbocycles. The molecule has 21 heavy (non-hydrogen) atoms. The summed E-state index contributed by atoms with van der Waals surface area (Å²) in [5, 5.41) is 1.06. The van der Waals surface area contributed by atoms with Crippen LogP contribution in [0.3, 0.4) is 0 Å². The molecule has 0 aliphatic heterocycles. The molecule has 1 atom stereocenters. The molecule has 2 N–H and O–H groups in total. The van der Waals surface area contributed by atoms with E-state index in [1.807, 2.05) is 17.0 Å². The number of nitrogens with two attached hydrogens (primary N) is 1. The minimum absolute atomic E-state index is 0.0439. The van der Waals surface area contributed by atoms with Gasteiger partial charge in [0, 0.05) is 25.0 Å². The summed E-state index contributed by atoms with van der Waals surface area (Å²) in [5.74, 6) is 0.143. The molecule has 1 amide bonds. The number of carbonyl (C=O) groups is 1. The lowest BCUT2D eigenvalue weighted by atomic mass is 10.1. The molecule has 1 aromatic carbocycles. The van der Waals surface area contributed by atoms with Crippen LogP contribution in [0.15, 0.2) is 18.2 Å². The monoisotopic (exact) mass is 328 g/mol. The highest BCUT2D eigenvalue weighted by Gasteiger charge is 2.32. The van der Waals surface area contributed by atoms with E-state index in [0.29, 0.717) is 29.1 Å². The highest BCUT2D eigenvalue weighted by Crippen LogP contribution is 2.30. The third-order valence-electron chi connectivity index (χ3n) is 3.74. The Balaban J connectivity index is 2.01. The van der Waals surface area contributed by atoms with Crippen LogP contribution in [0, 0.1) is 0 Å². The maximum Gasteiger partial charge on any atom is 0.224 e. The van der Waals surface area contributed by atoms with Crippen LogP contribution in [0.25, 0.3) is 0 Å². The fraction of sp³-hybridized carbons (Fsp3) is 0.562. The number of hydrogen-bond acceptors (Lipinski definition) is 2. The molecule has 0 spiro atoms. The molecule has 0 bridgehead atoms. The molecule has 5 heteroatoms. The Morgan fingerprint density at radius 1 is 1.38 bits per heavy atom. The summed E-state index contributed by atoms with van der Waals surface area (Å²) in [6.07, 6.45) is 4.47. The van der Waals surface area contributed by atoms with Gasteiger partial charge in [0.15, 0.2) is 0 Å². The normalized spacial score (nSPS) is 15.8. The van der Waals surface area contributed by atoms with E-state index in [1.54, 1.807) is 6.07 Å². The van der Waals surface area contributed by atoms with Crippen molar-refractivity contribution >= 4 is 29.1 Å². The van der Waals surface area contributed by atoms with E-state index in [9.17, 15) is 4.79 Å². The second kappa shape index (κ2) is 7.48. The van der Waals surface area contributed by atoms with Gasteiger partial charge < -0.3 is 10.6 Å². The quantitative estimate of drug-likeness (QED) is 0.822. The van der Waals surface area contributed by atoms with Gasteiger partial charge in [0.1, 0.15) is 0 Å². The number of benzene rings is 1. The Hall–Kier alpha value is -0.770. The van der Waals surface area contributed by atoms with Crippen LogP contribution in [-0.2, 0) is 11.3 Å². The average molecular weight is 329 g/mol. The van der Waals surface area contributed by atoms with Crippen LogP contribution in [0.1, 0.15) is 44.6 Å². The van der Waals surface area contributed by atoms with E-state index in [-0.39, 0.29) is 11.9 Å². The fourth-order valence-corrected chi connectivity index (χ4v) is 2.78. The maximum absolute atomic E-state index is 12.5. The SMILES string of the molecule is CCCC(N)CC(=O)N(Cc1ccc(Cl)c(Cl)c1)C1CC1. The largest absolute Gasteiger partial charge is 0.335 e. The number of hydrogen-bond donors (Lipinski definition) is 1. The molecule has 2 rings (SSSR count). The summed E-state index contributed by atoms with van der Waals surface area (Å²) >= 11 is 12.0. The summed E-state index contributed by atoms with van der Waals surface area (Å²) < 4.78 is 0. The van der Waals surface area contributed by atoms with Crippen molar-refractivity contribution in [2.24, 2.45) is 5.73 Å². The van der Waals surface area contributed by atoms with E-state index < -0.39 is 0 Å². The second-order valence-electron chi connectivity index (χ2n) is 5.75. The molecule has 1 aliphatic rings. The predicted octanol–water partition coefficient (Wildman–Crippen LogP) is 4.00. The third-order valence-corrected chi connectivity index (χ3v) is 4.48. The molecule has 1 aromatic rings. The van der Waals surface area contributed by atoms with Crippen molar-refractivity contribution in [2.45, 2.75) is 57.7 Å². The topological polar surface area (TPSA) is 46.3 Å². The molecule has 1 saturated carbocycles. The zero-order valence-electron chi connectivity index (χ0n) is 12.3. The Morgan fingerprint density at radius 3 is 2.67 bits per heavy atom. The lowest BCUT2D eigenvalue weighted by Crippen LogP contribution is -2.37. The summed E-state index contributed by atoms with van der Waals surface area (Å²) in [5.41, 5.74) is 7.00. The predicted molar refractivity (Wildman–Crippen MR) is 87.5 cm³/mol. The number of carbonyl (C=O) groups excluding carboxylic acids is 1.